The van der Waals surface area contributed by atoms with Crippen molar-refractivity contribution in [3.63, 3.8) is 0 Å². The zero-order valence-corrected chi connectivity index (χ0v) is 16.0. The number of nitrogens with zero attached hydrogens (tertiary/aromatic N) is 2. The van der Waals surface area contributed by atoms with E-state index in [9.17, 15) is 13.6 Å². The first-order chi connectivity index (χ1) is 13.5. The molecule has 2 aromatic rings. The number of hydrogen-bond donors (Lipinski definition) is 1. The molecule has 1 amide bonds. The highest BCUT2D eigenvalue weighted by Gasteiger charge is 2.11. The van der Waals surface area contributed by atoms with Crippen LogP contribution in [0.2, 0.25) is 0 Å². The van der Waals surface area contributed by atoms with Crippen LogP contribution >= 0.6 is 0 Å². The van der Waals surface area contributed by atoms with Crippen LogP contribution in [0.5, 0.6) is 11.5 Å². The summed E-state index contributed by atoms with van der Waals surface area (Å²) < 4.78 is 34.3. The Labute approximate surface area is 162 Å². The third-order valence-electron chi connectivity index (χ3n) is 4.04. The Morgan fingerprint density at radius 1 is 1.14 bits per heavy atom. The lowest BCUT2D eigenvalue weighted by Crippen LogP contribution is -2.22. The third kappa shape index (κ3) is 5.67. The molecule has 8 heteroatoms. The quantitative estimate of drug-likeness (QED) is 0.520. The Balaban J connectivity index is 2.03. The maximum atomic E-state index is 12.5. The van der Waals surface area contributed by atoms with Crippen molar-refractivity contribution in [3.8, 4) is 11.5 Å². The highest BCUT2D eigenvalue weighted by atomic mass is 19.3. The van der Waals surface area contributed by atoms with Crippen molar-refractivity contribution in [2.24, 2.45) is 5.10 Å². The van der Waals surface area contributed by atoms with Gasteiger partial charge in [-0.2, -0.15) is 13.9 Å². The van der Waals surface area contributed by atoms with E-state index in [0.717, 1.165) is 18.8 Å². The molecule has 0 heterocycles. The van der Waals surface area contributed by atoms with Crippen LogP contribution in [0.3, 0.4) is 0 Å². The predicted octanol–water partition coefficient (Wildman–Crippen LogP) is 3.91. The van der Waals surface area contributed by atoms with Crippen LogP contribution in [0.25, 0.3) is 0 Å². The van der Waals surface area contributed by atoms with Crippen LogP contribution in [-0.2, 0) is 0 Å². The first-order valence-electron chi connectivity index (χ1n) is 8.79. The minimum Gasteiger partial charge on any atom is -0.493 e. The van der Waals surface area contributed by atoms with Crippen LogP contribution in [0, 0.1) is 0 Å². The molecule has 0 atom stereocenters. The molecule has 0 aliphatic heterocycles. The number of anilines is 1. The number of benzene rings is 2. The number of methoxy groups -OCH3 is 1. The van der Waals surface area contributed by atoms with Crippen LogP contribution in [-0.4, -0.2) is 38.9 Å². The van der Waals surface area contributed by atoms with E-state index in [1.54, 1.807) is 18.2 Å². The summed E-state index contributed by atoms with van der Waals surface area (Å²) in [5.41, 5.74) is 4.38. The zero-order chi connectivity index (χ0) is 20.5. The lowest BCUT2D eigenvalue weighted by Gasteiger charge is -2.20. The fourth-order valence-corrected chi connectivity index (χ4v) is 2.60. The lowest BCUT2D eigenvalue weighted by molar-refractivity contribution is -0.0512. The van der Waals surface area contributed by atoms with E-state index < -0.39 is 6.61 Å². The van der Waals surface area contributed by atoms with Crippen molar-refractivity contribution >= 4 is 17.8 Å². The van der Waals surface area contributed by atoms with Gasteiger partial charge in [0, 0.05) is 24.3 Å². The van der Waals surface area contributed by atoms with Gasteiger partial charge in [-0.1, -0.05) is 0 Å². The predicted molar refractivity (Wildman–Crippen MR) is 105 cm³/mol. The number of amides is 1. The summed E-state index contributed by atoms with van der Waals surface area (Å²) in [6, 6.07) is 11.6. The second kappa shape index (κ2) is 10.2. The van der Waals surface area contributed by atoms with Crippen LogP contribution in [0.15, 0.2) is 47.6 Å². The summed E-state index contributed by atoms with van der Waals surface area (Å²) in [7, 11) is 1.35. The third-order valence-corrected chi connectivity index (χ3v) is 4.04. The second-order valence-corrected chi connectivity index (χ2v) is 5.71. The van der Waals surface area contributed by atoms with Gasteiger partial charge < -0.3 is 14.4 Å². The number of hydrazone groups is 1. The highest BCUT2D eigenvalue weighted by molar-refractivity contribution is 5.95. The average Bonchev–Trinajstić information content (AvgIpc) is 2.69. The first kappa shape index (κ1) is 21.1. The standard InChI is InChI=1S/C20H23F2N3O3/c1-4-25(5-2)16-9-7-15(8-10-16)19(26)24-23-13-14-6-11-17(27-3)18(12-14)28-20(21)22/h6-13,20H,4-5H2,1-3H3,(H,24,26)/b23-13-. The molecule has 0 spiro atoms. The number of nitrogens with one attached hydrogen (secondary N) is 1. The molecule has 0 fully saturated rings. The molecule has 1 N–H and O–H groups in total. The van der Waals surface area contributed by atoms with Gasteiger partial charge in [0.15, 0.2) is 11.5 Å². The largest absolute Gasteiger partial charge is 0.493 e. The molecule has 0 bridgehead atoms. The Bertz CT molecular complexity index is 807. The molecule has 0 aliphatic carbocycles. The fourth-order valence-electron chi connectivity index (χ4n) is 2.60. The molecule has 0 unspecified atom stereocenters. The Kier molecular flexibility index (Phi) is 7.74. The molecule has 2 aromatic carbocycles. The number of halogens is 2. The maximum Gasteiger partial charge on any atom is 0.387 e. The second-order valence-electron chi connectivity index (χ2n) is 5.71. The van der Waals surface area contributed by atoms with Gasteiger partial charge in [-0.15, -0.1) is 0 Å². The van der Waals surface area contributed by atoms with Crippen LogP contribution < -0.4 is 19.8 Å². The molecule has 0 aromatic heterocycles. The fraction of sp³-hybridized carbons (Fsp3) is 0.300. The first-order valence-corrected chi connectivity index (χ1v) is 8.79. The molecule has 0 aliphatic rings. The van der Waals surface area contributed by atoms with Gasteiger partial charge in [0.05, 0.1) is 13.3 Å². The lowest BCUT2D eigenvalue weighted by atomic mass is 10.2. The molecular formula is C20H23F2N3O3. The van der Waals surface area contributed by atoms with Gasteiger partial charge in [0.1, 0.15) is 0 Å². The summed E-state index contributed by atoms with van der Waals surface area (Å²) in [5, 5.41) is 3.86. The van der Waals surface area contributed by atoms with E-state index in [2.05, 4.69) is 34.0 Å². The molecule has 150 valence electrons. The van der Waals surface area contributed by atoms with Crippen molar-refractivity contribution in [2.45, 2.75) is 20.5 Å². The summed E-state index contributed by atoms with van der Waals surface area (Å²) in [6.45, 7) is 2.92. The summed E-state index contributed by atoms with van der Waals surface area (Å²) in [4.78, 5) is 14.4. The number of rotatable bonds is 9. The molecule has 0 radical (unpaired) electrons. The number of ether oxygens (including phenoxy) is 2. The van der Waals surface area contributed by atoms with Crippen molar-refractivity contribution in [3.05, 3.63) is 53.6 Å². The average molecular weight is 391 g/mol. The SMILES string of the molecule is CCN(CC)c1ccc(C(=O)N/N=C\c2ccc(OC)c(OC(F)F)c2)cc1. The highest BCUT2D eigenvalue weighted by Crippen LogP contribution is 2.28. The Morgan fingerprint density at radius 2 is 1.82 bits per heavy atom. The minimum absolute atomic E-state index is 0.111. The van der Waals surface area contributed by atoms with Crippen molar-refractivity contribution in [2.75, 3.05) is 25.1 Å². The van der Waals surface area contributed by atoms with E-state index in [1.165, 1.54) is 25.5 Å². The van der Waals surface area contributed by atoms with Crippen molar-refractivity contribution in [1.82, 2.24) is 5.43 Å². The molecule has 0 saturated carbocycles. The number of hydrogen-bond acceptors (Lipinski definition) is 5. The van der Waals surface area contributed by atoms with Gasteiger partial charge in [-0.3, -0.25) is 4.79 Å². The summed E-state index contributed by atoms with van der Waals surface area (Å²) >= 11 is 0. The monoisotopic (exact) mass is 391 g/mol. The van der Waals surface area contributed by atoms with E-state index in [1.807, 2.05) is 12.1 Å². The Hall–Kier alpha value is -3.16. The van der Waals surface area contributed by atoms with Crippen molar-refractivity contribution in [1.29, 1.82) is 0 Å². The normalized spacial score (nSPS) is 10.9. The van der Waals surface area contributed by atoms with Gasteiger partial charge in [-0.05, 0) is 61.9 Å². The van der Waals surface area contributed by atoms with Crippen LogP contribution in [0.4, 0.5) is 14.5 Å². The smallest absolute Gasteiger partial charge is 0.387 e. The molecule has 0 saturated heterocycles. The minimum atomic E-state index is -2.97. The molecular weight excluding hydrogens is 368 g/mol. The van der Waals surface area contributed by atoms with E-state index in [4.69, 9.17) is 4.74 Å². The van der Waals surface area contributed by atoms with E-state index >= 15 is 0 Å². The van der Waals surface area contributed by atoms with Gasteiger partial charge in [0.25, 0.3) is 5.91 Å². The number of alkyl halides is 2. The molecule has 28 heavy (non-hydrogen) atoms. The van der Waals surface area contributed by atoms with Gasteiger partial charge >= 0.3 is 6.61 Å². The topological polar surface area (TPSA) is 63.2 Å². The molecule has 6 nitrogen and oxygen atoms in total. The zero-order valence-electron chi connectivity index (χ0n) is 16.0. The van der Waals surface area contributed by atoms with E-state index in [-0.39, 0.29) is 17.4 Å². The van der Waals surface area contributed by atoms with E-state index in [0.29, 0.717) is 11.1 Å². The van der Waals surface area contributed by atoms with Crippen molar-refractivity contribution < 1.29 is 23.0 Å². The molecule has 2 rings (SSSR count). The number of carbonyl (C=O) groups excluding carboxylic acids is 1. The van der Waals surface area contributed by atoms with Crippen LogP contribution in [0.1, 0.15) is 29.8 Å². The number of carbonyl (C=O) groups is 1. The maximum absolute atomic E-state index is 12.5. The summed E-state index contributed by atoms with van der Waals surface area (Å²) in [5.74, 6) is -0.311. The summed E-state index contributed by atoms with van der Waals surface area (Å²) in [6.07, 6.45) is 1.33. The Morgan fingerprint density at radius 3 is 2.39 bits per heavy atom. The van der Waals surface area contributed by atoms with Gasteiger partial charge in [0.2, 0.25) is 0 Å². The van der Waals surface area contributed by atoms with Gasteiger partial charge in [-0.25, -0.2) is 5.43 Å².